The summed E-state index contributed by atoms with van der Waals surface area (Å²) in [5, 5.41) is 2.71. The molecule has 2 saturated heterocycles. The molecule has 0 bridgehead atoms. The Hall–Kier alpha value is 0.190. The average molecular weight is 283 g/mol. The van der Waals surface area contributed by atoms with Crippen LogP contribution in [-0.2, 0) is 0 Å². The zero-order chi connectivity index (χ0) is 12.5. The number of hydrogen-bond acceptors (Lipinski definition) is 3. The van der Waals surface area contributed by atoms with E-state index in [2.05, 4.69) is 5.32 Å². The highest BCUT2D eigenvalue weighted by atomic mass is 32.2. The van der Waals surface area contributed by atoms with Gasteiger partial charge in [-0.2, -0.15) is 13.2 Å². The van der Waals surface area contributed by atoms with Gasteiger partial charge in [-0.3, -0.25) is 5.32 Å². The third-order valence-corrected chi connectivity index (χ3v) is 6.60. The van der Waals surface area contributed by atoms with Crippen molar-refractivity contribution in [1.29, 1.82) is 0 Å². The van der Waals surface area contributed by atoms with E-state index in [1.54, 1.807) is 23.5 Å². The average Bonchev–Trinajstić information content (AvgIpc) is 2.64. The molecule has 0 aromatic rings. The molecule has 2 aliphatic heterocycles. The van der Waals surface area contributed by atoms with Crippen LogP contribution in [0.5, 0.6) is 0 Å². The number of alkyl halides is 3. The summed E-state index contributed by atoms with van der Waals surface area (Å²) in [6, 6.07) is -1.52. The number of rotatable bonds is 1. The number of nitrogens with one attached hydrogen (secondary N) is 1. The maximum atomic E-state index is 12.9. The number of allylic oxidation sites excluding steroid dienone is 1. The third-order valence-electron chi connectivity index (χ3n) is 3.09. The third kappa shape index (κ3) is 3.15. The first-order valence-electron chi connectivity index (χ1n) is 5.69. The molecule has 0 unspecified atom stereocenters. The van der Waals surface area contributed by atoms with Crippen LogP contribution in [0.1, 0.15) is 19.8 Å². The molecular formula is C11H16F3NS2. The molecule has 0 amide bonds. The summed E-state index contributed by atoms with van der Waals surface area (Å²) in [6.45, 7) is 1.85. The van der Waals surface area contributed by atoms with Gasteiger partial charge in [0.1, 0.15) is 6.04 Å². The van der Waals surface area contributed by atoms with Gasteiger partial charge in [0.2, 0.25) is 0 Å². The van der Waals surface area contributed by atoms with Gasteiger partial charge >= 0.3 is 6.18 Å². The molecule has 1 N–H and O–H groups in total. The molecule has 2 fully saturated rings. The molecule has 0 aromatic heterocycles. The van der Waals surface area contributed by atoms with Crippen LogP contribution in [0.15, 0.2) is 12.2 Å². The summed E-state index contributed by atoms with van der Waals surface area (Å²) in [4.78, 5) is 0. The van der Waals surface area contributed by atoms with E-state index in [0.717, 1.165) is 17.9 Å². The molecule has 1 nitrogen and oxygen atoms in total. The molecule has 1 spiro atoms. The van der Waals surface area contributed by atoms with Gasteiger partial charge in [-0.1, -0.05) is 12.2 Å². The van der Waals surface area contributed by atoms with E-state index < -0.39 is 12.2 Å². The van der Waals surface area contributed by atoms with E-state index in [0.29, 0.717) is 0 Å². The normalized spacial score (nSPS) is 33.6. The molecule has 0 aliphatic carbocycles. The molecule has 2 aliphatic rings. The van der Waals surface area contributed by atoms with Gasteiger partial charge in [0, 0.05) is 17.5 Å². The van der Waals surface area contributed by atoms with Crippen molar-refractivity contribution in [1.82, 2.24) is 5.32 Å². The van der Waals surface area contributed by atoms with Crippen molar-refractivity contribution in [2.75, 3.05) is 11.5 Å². The Morgan fingerprint density at radius 3 is 2.41 bits per heavy atom. The van der Waals surface area contributed by atoms with Crippen LogP contribution < -0.4 is 5.32 Å². The predicted octanol–water partition coefficient (Wildman–Crippen LogP) is 3.42. The van der Waals surface area contributed by atoms with Gasteiger partial charge in [-0.15, -0.1) is 23.5 Å². The second-order valence-electron chi connectivity index (χ2n) is 4.41. The van der Waals surface area contributed by atoms with E-state index in [1.165, 1.54) is 0 Å². The van der Waals surface area contributed by atoms with Crippen LogP contribution in [-0.4, -0.2) is 33.8 Å². The van der Waals surface area contributed by atoms with Crippen molar-refractivity contribution >= 4 is 23.5 Å². The van der Waals surface area contributed by atoms with Crippen molar-refractivity contribution in [3.05, 3.63) is 12.2 Å². The van der Waals surface area contributed by atoms with E-state index in [9.17, 15) is 13.2 Å². The predicted molar refractivity (Wildman–Crippen MR) is 68.5 cm³/mol. The smallest absolute Gasteiger partial charge is 0.300 e. The maximum absolute atomic E-state index is 12.9. The number of piperidine rings is 1. The Balaban J connectivity index is 2.15. The van der Waals surface area contributed by atoms with E-state index >= 15 is 0 Å². The van der Waals surface area contributed by atoms with Gasteiger partial charge in [0.25, 0.3) is 0 Å². The number of halogens is 3. The fourth-order valence-corrected chi connectivity index (χ4v) is 5.81. The Morgan fingerprint density at radius 2 is 1.88 bits per heavy atom. The lowest BCUT2D eigenvalue weighted by atomic mass is 9.96. The molecule has 0 aromatic carbocycles. The van der Waals surface area contributed by atoms with Crippen LogP contribution in [0.3, 0.4) is 0 Å². The lowest BCUT2D eigenvalue weighted by Gasteiger charge is -2.41. The Morgan fingerprint density at radius 1 is 1.24 bits per heavy atom. The quantitative estimate of drug-likeness (QED) is 0.741. The molecule has 2 rings (SSSR count). The van der Waals surface area contributed by atoms with Crippen LogP contribution in [0, 0.1) is 0 Å². The minimum atomic E-state index is -4.14. The van der Waals surface area contributed by atoms with E-state index in [1.807, 2.05) is 19.1 Å². The van der Waals surface area contributed by atoms with E-state index in [4.69, 9.17) is 0 Å². The SMILES string of the molecule is C/C=C/[C@@H]1CC2(C[C@H](C(F)(F)F)N1)SCCS2. The van der Waals surface area contributed by atoms with Gasteiger partial charge in [0.15, 0.2) is 0 Å². The lowest BCUT2D eigenvalue weighted by Crippen LogP contribution is -2.55. The van der Waals surface area contributed by atoms with Crippen molar-refractivity contribution in [2.24, 2.45) is 0 Å². The van der Waals surface area contributed by atoms with Gasteiger partial charge < -0.3 is 0 Å². The van der Waals surface area contributed by atoms with Crippen LogP contribution in [0.2, 0.25) is 0 Å². The van der Waals surface area contributed by atoms with Crippen molar-refractivity contribution in [3.63, 3.8) is 0 Å². The van der Waals surface area contributed by atoms with Crippen LogP contribution >= 0.6 is 23.5 Å². The summed E-state index contributed by atoms with van der Waals surface area (Å²) in [5.74, 6) is 1.94. The van der Waals surface area contributed by atoms with Gasteiger partial charge in [-0.05, 0) is 19.8 Å². The first kappa shape index (κ1) is 13.6. The minimum absolute atomic E-state index is 0.154. The Bertz CT molecular complexity index is 298. The highest BCUT2D eigenvalue weighted by Crippen LogP contribution is 2.53. The highest BCUT2D eigenvalue weighted by molar-refractivity contribution is 8.21. The summed E-state index contributed by atoms with van der Waals surface area (Å²) in [7, 11) is 0. The first-order chi connectivity index (χ1) is 7.95. The number of thioether (sulfide) groups is 2. The topological polar surface area (TPSA) is 12.0 Å². The van der Waals surface area contributed by atoms with Gasteiger partial charge in [-0.25, -0.2) is 0 Å². The molecule has 2 heterocycles. The monoisotopic (exact) mass is 283 g/mol. The summed E-state index contributed by atoms with van der Waals surface area (Å²) in [5.41, 5.74) is 0. The highest BCUT2D eigenvalue weighted by Gasteiger charge is 2.51. The second-order valence-corrected chi connectivity index (χ2v) is 7.62. The summed E-state index contributed by atoms with van der Waals surface area (Å²) >= 11 is 3.41. The summed E-state index contributed by atoms with van der Waals surface area (Å²) < 4.78 is 38.4. The molecule has 0 radical (unpaired) electrons. The van der Waals surface area contributed by atoms with Crippen LogP contribution in [0.4, 0.5) is 13.2 Å². The van der Waals surface area contributed by atoms with Crippen molar-refractivity contribution in [2.45, 2.75) is 42.1 Å². The maximum Gasteiger partial charge on any atom is 0.403 e. The lowest BCUT2D eigenvalue weighted by molar-refractivity contribution is -0.162. The standard InChI is InChI=1S/C11H16F3NS2/c1-2-3-8-6-10(16-4-5-17-10)7-9(15-8)11(12,13)14/h2-3,8-9,15H,4-7H2,1H3/b3-2+/t8-,9-/m1/s1. The van der Waals surface area contributed by atoms with Crippen LogP contribution in [0.25, 0.3) is 0 Å². The number of hydrogen-bond donors (Lipinski definition) is 1. The molecule has 0 saturated carbocycles. The summed E-state index contributed by atoms with van der Waals surface area (Å²) in [6.07, 6.45) is 0.517. The molecular weight excluding hydrogens is 267 g/mol. The molecule has 98 valence electrons. The Kier molecular flexibility index (Phi) is 4.05. The molecule has 6 heteroatoms. The van der Waals surface area contributed by atoms with E-state index in [-0.39, 0.29) is 16.5 Å². The molecule has 17 heavy (non-hydrogen) atoms. The zero-order valence-corrected chi connectivity index (χ0v) is 11.2. The van der Waals surface area contributed by atoms with Crippen molar-refractivity contribution in [3.8, 4) is 0 Å². The zero-order valence-electron chi connectivity index (χ0n) is 9.59. The van der Waals surface area contributed by atoms with Gasteiger partial charge in [0.05, 0.1) is 4.08 Å². The second kappa shape index (κ2) is 5.05. The first-order valence-corrected chi connectivity index (χ1v) is 7.66. The fraction of sp³-hybridized carbons (Fsp3) is 0.818. The Labute approximate surface area is 108 Å². The molecule has 2 atom stereocenters. The van der Waals surface area contributed by atoms with Crippen molar-refractivity contribution < 1.29 is 13.2 Å². The minimum Gasteiger partial charge on any atom is -0.300 e. The fourth-order valence-electron chi connectivity index (χ4n) is 2.40. The largest absolute Gasteiger partial charge is 0.403 e.